The van der Waals surface area contributed by atoms with E-state index >= 15 is 0 Å². The van der Waals surface area contributed by atoms with Crippen molar-refractivity contribution in [2.24, 2.45) is 5.92 Å². The molecule has 130 valence electrons. The number of nitrogens with zero attached hydrogens (tertiary/aromatic N) is 5. The van der Waals surface area contributed by atoms with E-state index in [9.17, 15) is 4.79 Å². The molecule has 0 saturated carbocycles. The fraction of sp³-hybridized carbons (Fsp3) is 0.647. The van der Waals surface area contributed by atoms with Crippen molar-refractivity contribution >= 4 is 5.91 Å². The van der Waals surface area contributed by atoms with Gasteiger partial charge in [0, 0.05) is 19.5 Å². The molecular formula is C17H26N6O. The van der Waals surface area contributed by atoms with Crippen LogP contribution in [0, 0.1) is 5.92 Å². The van der Waals surface area contributed by atoms with Crippen molar-refractivity contribution in [1.29, 1.82) is 0 Å². The molecule has 7 heteroatoms. The van der Waals surface area contributed by atoms with Crippen LogP contribution in [-0.4, -0.2) is 30.5 Å². The molecule has 2 aromatic heterocycles. The maximum absolute atomic E-state index is 12.6. The first-order valence-electron chi connectivity index (χ1n) is 8.84. The monoisotopic (exact) mass is 330 g/mol. The van der Waals surface area contributed by atoms with Crippen LogP contribution >= 0.6 is 0 Å². The summed E-state index contributed by atoms with van der Waals surface area (Å²) in [5.74, 6) is 2.28. The summed E-state index contributed by atoms with van der Waals surface area (Å²) >= 11 is 0. The second kappa shape index (κ2) is 7.15. The Kier molecular flexibility index (Phi) is 4.97. The number of nitrogens with one attached hydrogen (secondary N) is 1. The summed E-state index contributed by atoms with van der Waals surface area (Å²) in [7, 11) is 0. The van der Waals surface area contributed by atoms with E-state index in [4.69, 9.17) is 0 Å². The van der Waals surface area contributed by atoms with Gasteiger partial charge in [0.1, 0.15) is 11.5 Å². The second-order valence-corrected chi connectivity index (χ2v) is 6.76. The molecule has 2 aromatic rings. The van der Waals surface area contributed by atoms with E-state index in [1.807, 2.05) is 13.0 Å². The highest BCUT2D eigenvalue weighted by Crippen LogP contribution is 2.14. The number of aromatic nitrogens is 5. The van der Waals surface area contributed by atoms with Crippen LogP contribution < -0.4 is 5.32 Å². The number of aryl methyl sites for hydroxylation is 2. The van der Waals surface area contributed by atoms with Gasteiger partial charge in [-0.1, -0.05) is 13.8 Å². The summed E-state index contributed by atoms with van der Waals surface area (Å²) in [6.07, 6.45) is 4.17. The first kappa shape index (κ1) is 16.7. The van der Waals surface area contributed by atoms with E-state index < -0.39 is 0 Å². The fourth-order valence-electron chi connectivity index (χ4n) is 3.16. The summed E-state index contributed by atoms with van der Waals surface area (Å²) < 4.78 is 3.90. The van der Waals surface area contributed by atoms with Crippen molar-refractivity contribution in [3.05, 3.63) is 29.1 Å². The molecule has 0 radical (unpaired) electrons. The minimum absolute atomic E-state index is 0.104. The Morgan fingerprint density at radius 2 is 2.17 bits per heavy atom. The predicted octanol–water partition coefficient (Wildman–Crippen LogP) is 1.96. The van der Waals surface area contributed by atoms with Gasteiger partial charge in [-0.3, -0.25) is 9.48 Å². The smallest absolute Gasteiger partial charge is 0.269 e. The van der Waals surface area contributed by atoms with Crippen molar-refractivity contribution in [2.45, 2.75) is 66.1 Å². The van der Waals surface area contributed by atoms with Crippen molar-refractivity contribution in [3.8, 4) is 0 Å². The Hall–Kier alpha value is -2.18. The molecular weight excluding hydrogens is 304 g/mol. The number of carbonyl (C=O) groups is 1. The van der Waals surface area contributed by atoms with Crippen molar-refractivity contribution < 1.29 is 4.79 Å². The van der Waals surface area contributed by atoms with E-state index in [1.54, 1.807) is 4.68 Å². The molecule has 1 N–H and O–H groups in total. The Morgan fingerprint density at radius 1 is 1.33 bits per heavy atom. The standard InChI is InChI=1S/C17H26N6O/c1-4-23-14(10-13(21-23)9-12(2)3)17(24)18-11-16-20-19-15-7-5-6-8-22(15)16/h10,12H,4-9,11H2,1-3H3,(H,18,24). The van der Waals surface area contributed by atoms with Gasteiger partial charge in [-0.2, -0.15) is 5.10 Å². The number of hydrogen-bond acceptors (Lipinski definition) is 4. The van der Waals surface area contributed by atoms with Crippen molar-refractivity contribution in [2.75, 3.05) is 0 Å². The molecule has 3 rings (SSSR count). The lowest BCUT2D eigenvalue weighted by Gasteiger charge is -2.14. The molecule has 0 saturated heterocycles. The quantitative estimate of drug-likeness (QED) is 0.878. The molecule has 0 unspecified atom stereocenters. The average Bonchev–Trinajstić information content (AvgIpc) is 3.16. The minimum atomic E-state index is -0.104. The number of hydrogen-bond donors (Lipinski definition) is 1. The highest BCUT2D eigenvalue weighted by atomic mass is 16.2. The number of rotatable bonds is 6. The van der Waals surface area contributed by atoms with E-state index in [1.165, 1.54) is 6.42 Å². The molecule has 7 nitrogen and oxygen atoms in total. The topological polar surface area (TPSA) is 77.6 Å². The van der Waals surface area contributed by atoms with E-state index in [-0.39, 0.29) is 5.91 Å². The van der Waals surface area contributed by atoms with E-state index in [0.29, 0.717) is 24.7 Å². The van der Waals surface area contributed by atoms with Crippen LogP contribution in [0.4, 0.5) is 0 Å². The minimum Gasteiger partial charge on any atom is -0.343 e. The Labute approximate surface area is 142 Å². The highest BCUT2D eigenvalue weighted by molar-refractivity contribution is 5.92. The maximum Gasteiger partial charge on any atom is 0.269 e. The van der Waals surface area contributed by atoms with Crippen LogP contribution in [0.15, 0.2) is 6.07 Å². The molecule has 0 bridgehead atoms. The van der Waals surface area contributed by atoms with Crippen molar-refractivity contribution in [1.82, 2.24) is 29.9 Å². The van der Waals surface area contributed by atoms with Gasteiger partial charge in [0.2, 0.25) is 0 Å². The summed E-state index contributed by atoms with van der Waals surface area (Å²) in [6, 6.07) is 1.90. The average molecular weight is 330 g/mol. The van der Waals surface area contributed by atoms with Gasteiger partial charge in [-0.15, -0.1) is 10.2 Å². The lowest BCUT2D eigenvalue weighted by Crippen LogP contribution is -2.27. The summed E-state index contributed by atoms with van der Waals surface area (Å²) in [5.41, 5.74) is 1.59. The third kappa shape index (κ3) is 3.49. The summed E-state index contributed by atoms with van der Waals surface area (Å²) in [4.78, 5) is 12.6. The maximum atomic E-state index is 12.6. The molecule has 0 fully saturated rings. The Bertz CT molecular complexity index is 715. The van der Waals surface area contributed by atoms with E-state index in [0.717, 1.165) is 43.1 Å². The molecule has 3 heterocycles. The zero-order valence-corrected chi connectivity index (χ0v) is 14.7. The van der Waals surface area contributed by atoms with Gasteiger partial charge in [0.25, 0.3) is 5.91 Å². The van der Waals surface area contributed by atoms with Gasteiger partial charge in [-0.25, -0.2) is 0 Å². The van der Waals surface area contributed by atoms with Gasteiger partial charge in [0.05, 0.1) is 12.2 Å². The van der Waals surface area contributed by atoms with Crippen molar-refractivity contribution in [3.63, 3.8) is 0 Å². The largest absolute Gasteiger partial charge is 0.343 e. The molecule has 0 atom stereocenters. The molecule has 0 spiro atoms. The van der Waals surface area contributed by atoms with Crippen LogP contribution in [0.2, 0.25) is 0 Å². The molecule has 1 amide bonds. The zero-order valence-electron chi connectivity index (χ0n) is 14.7. The summed E-state index contributed by atoms with van der Waals surface area (Å²) in [6.45, 7) is 8.33. The van der Waals surface area contributed by atoms with Gasteiger partial charge in [-0.05, 0) is 38.2 Å². The SMILES string of the molecule is CCn1nc(CC(C)C)cc1C(=O)NCc1nnc2n1CCCC2. The number of carbonyl (C=O) groups excluding carboxylic acids is 1. The number of fused-ring (bicyclic) bond motifs is 1. The Morgan fingerprint density at radius 3 is 2.92 bits per heavy atom. The van der Waals surface area contributed by atoms with Crippen LogP contribution in [0.1, 0.15) is 61.4 Å². The Balaban J connectivity index is 1.68. The summed E-state index contributed by atoms with van der Waals surface area (Å²) in [5, 5.41) is 15.9. The molecule has 24 heavy (non-hydrogen) atoms. The lowest BCUT2D eigenvalue weighted by molar-refractivity contribution is 0.0938. The first-order valence-corrected chi connectivity index (χ1v) is 8.84. The third-order valence-electron chi connectivity index (χ3n) is 4.32. The normalized spacial score (nSPS) is 14.0. The van der Waals surface area contributed by atoms with Gasteiger partial charge < -0.3 is 9.88 Å². The van der Waals surface area contributed by atoms with Crippen LogP contribution in [0.25, 0.3) is 0 Å². The number of amides is 1. The predicted molar refractivity (Wildman–Crippen MR) is 90.6 cm³/mol. The second-order valence-electron chi connectivity index (χ2n) is 6.76. The van der Waals surface area contributed by atoms with Crippen LogP contribution in [-0.2, 0) is 32.5 Å². The lowest BCUT2D eigenvalue weighted by atomic mass is 10.1. The van der Waals surface area contributed by atoms with Gasteiger partial charge >= 0.3 is 0 Å². The third-order valence-corrected chi connectivity index (χ3v) is 4.32. The van der Waals surface area contributed by atoms with Crippen LogP contribution in [0.3, 0.4) is 0 Å². The molecule has 0 aromatic carbocycles. The van der Waals surface area contributed by atoms with Crippen LogP contribution in [0.5, 0.6) is 0 Å². The zero-order chi connectivity index (χ0) is 17.1. The molecule has 0 aliphatic carbocycles. The highest BCUT2D eigenvalue weighted by Gasteiger charge is 2.18. The molecule has 1 aliphatic heterocycles. The first-order chi connectivity index (χ1) is 11.6. The fourth-order valence-corrected chi connectivity index (χ4v) is 3.16. The van der Waals surface area contributed by atoms with Gasteiger partial charge in [0.15, 0.2) is 5.82 Å². The van der Waals surface area contributed by atoms with E-state index in [2.05, 4.69) is 39.0 Å². The molecule has 1 aliphatic rings.